The van der Waals surface area contributed by atoms with Crippen LogP contribution >= 0.6 is 15.9 Å². The Morgan fingerprint density at radius 1 is 1.12 bits per heavy atom. The van der Waals surface area contributed by atoms with Crippen LogP contribution in [-0.4, -0.2) is 4.57 Å². The van der Waals surface area contributed by atoms with Gasteiger partial charge in [-0.25, -0.2) is 4.39 Å². The van der Waals surface area contributed by atoms with E-state index in [2.05, 4.69) is 26.6 Å². The third-order valence-corrected chi connectivity index (χ3v) is 4.61. The molecule has 0 N–H and O–H groups in total. The van der Waals surface area contributed by atoms with Gasteiger partial charge in [0.25, 0.3) is 0 Å². The van der Waals surface area contributed by atoms with Gasteiger partial charge in [-0.05, 0) is 55.8 Å². The van der Waals surface area contributed by atoms with E-state index in [0.717, 1.165) is 27.1 Å². The number of nitriles is 1. The fourth-order valence-electron chi connectivity index (χ4n) is 2.95. The van der Waals surface area contributed by atoms with Crippen molar-refractivity contribution in [1.82, 2.24) is 4.57 Å². The monoisotopic (exact) mass is 394 g/mol. The van der Waals surface area contributed by atoms with E-state index in [0.29, 0.717) is 11.1 Å². The molecule has 1 aromatic heterocycles. The summed E-state index contributed by atoms with van der Waals surface area (Å²) in [5.41, 5.74) is 4.61. The molecule has 1 heterocycles. The standard InChI is InChI=1S/C21H16BrFN2/c1-14-10-16(11-17(13-24)20-8-3-4-9-21(20)23)15(2)25(14)19-7-5-6-18(22)12-19/h3-12H,1-2H3. The first kappa shape index (κ1) is 17.2. The lowest BCUT2D eigenvalue weighted by atomic mass is 10.0. The molecule has 0 aliphatic carbocycles. The van der Waals surface area contributed by atoms with Gasteiger partial charge in [-0.15, -0.1) is 0 Å². The highest BCUT2D eigenvalue weighted by molar-refractivity contribution is 9.10. The van der Waals surface area contributed by atoms with Crippen LogP contribution in [0.4, 0.5) is 4.39 Å². The number of rotatable bonds is 3. The van der Waals surface area contributed by atoms with Gasteiger partial charge < -0.3 is 4.57 Å². The molecule has 0 atom stereocenters. The van der Waals surface area contributed by atoms with Crippen molar-refractivity contribution >= 4 is 27.6 Å². The van der Waals surface area contributed by atoms with Crippen LogP contribution in [0.3, 0.4) is 0 Å². The quantitative estimate of drug-likeness (QED) is 0.496. The van der Waals surface area contributed by atoms with Crippen molar-refractivity contribution in [2.75, 3.05) is 0 Å². The molecule has 0 saturated heterocycles. The average molecular weight is 395 g/mol. The van der Waals surface area contributed by atoms with Crippen molar-refractivity contribution in [3.8, 4) is 11.8 Å². The smallest absolute Gasteiger partial charge is 0.131 e. The maximum atomic E-state index is 14.0. The summed E-state index contributed by atoms with van der Waals surface area (Å²) in [6, 6.07) is 18.5. The van der Waals surface area contributed by atoms with Gasteiger partial charge >= 0.3 is 0 Å². The normalized spacial score (nSPS) is 11.4. The fraction of sp³-hybridized carbons (Fsp3) is 0.0952. The number of hydrogen-bond acceptors (Lipinski definition) is 1. The summed E-state index contributed by atoms with van der Waals surface area (Å²) in [7, 11) is 0. The minimum Gasteiger partial charge on any atom is -0.318 e. The number of aromatic nitrogens is 1. The van der Waals surface area contributed by atoms with Crippen molar-refractivity contribution in [2.45, 2.75) is 13.8 Å². The zero-order chi connectivity index (χ0) is 18.0. The minimum absolute atomic E-state index is 0.313. The first-order valence-electron chi connectivity index (χ1n) is 7.83. The maximum absolute atomic E-state index is 14.0. The molecule has 3 aromatic rings. The first-order chi connectivity index (χ1) is 12.0. The molecule has 4 heteroatoms. The van der Waals surface area contributed by atoms with Crippen LogP contribution in [0.2, 0.25) is 0 Å². The topological polar surface area (TPSA) is 28.7 Å². The molecule has 0 fully saturated rings. The van der Waals surface area contributed by atoms with Gasteiger partial charge in [0.15, 0.2) is 0 Å². The predicted octanol–water partition coefficient (Wildman–Crippen LogP) is 6.06. The third-order valence-electron chi connectivity index (χ3n) is 4.12. The molecule has 0 aliphatic rings. The highest BCUT2D eigenvalue weighted by Gasteiger charge is 2.12. The summed E-state index contributed by atoms with van der Waals surface area (Å²) in [5, 5.41) is 9.49. The lowest BCUT2D eigenvalue weighted by molar-refractivity contribution is 0.624. The number of halogens is 2. The van der Waals surface area contributed by atoms with Crippen LogP contribution in [-0.2, 0) is 0 Å². The van der Waals surface area contributed by atoms with E-state index in [1.54, 1.807) is 24.3 Å². The van der Waals surface area contributed by atoms with Gasteiger partial charge in [-0.2, -0.15) is 5.26 Å². The second kappa shape index (κ2) is 7.08. The van der Waals surface area contributed by atoms with Gasteiger partial charge in [0.1, 0.15) is 5.82 Å². The number of hydrogen-bond donors (Lipinski definition) is 0. The molecule has 0 bridgehead atoms. The van der Waals surface area contributed by atoms with Crippen LogP contribution in [0.5, 0.6) is 0 Å². The van der Waals surface area contributed by atoms with Crippen molar-refractivity contribution in [1.29, 1.82) is 5.26 Å². The summed E-state index contributed by atoms with van der Waals surface area (Å²) in [6.07, 6.45) is 1.75. The first-order valence-corrected chi connectivity index (χ1v) is 8.62. The molecule has 3 rings (SSSR count). The Bertz CT molecular complexity index is 1010. The molecule has 0 aliphatic heterocycles. The summed E-state index contributed by atoms with van der Waals surface area (Å²) in [6.45, 7) is 4.01. The molecule has 25 heavy (non-hydrogen) atoms. The van der Waals surface area contributed by atoms with Gasteiger partial charge in [0, 0.05) is 27.1 Å². The van der Waals surface area contributed by atoms with Crippen LogP contribution in [0.1, 0.15) is 22.5 Å². The second-order valence-electron chi connectivity index (χ2n) is 5.79. The van der Waals surface area contributed by atoms with E-state index in [1.165, 1.54) is 6.07 Å². The highest BCUT2D eigenvalue weighted by atomic mass is 79.9. The van der Waals surface area contributed by atoms with E-state index in [1.807, 2.05) is 44.2 Å². The molecule has 2 nitrogen and oxygen atoms in total. The van der Waals surface area contributed by atoms with Gasteiger partial charge in [-0.1, -0.05) is 40.2 Å². The summed E-state index contributed by atoms with van der Waals surface area (Å²) >= 11 is 3.50. The molecule has 0 radical (unpaired) electrons. The number of allylic oxidation sites excluding steroid dienone is 1. The van der Waals surface area contributed by atoms with Crippen LogP contribution in [0.25, 0.3) is 17.3 Å². The van der Waals surface area contributed by atoms with E-state index < -0.39 is 5.82 Å². The molecule has 0 saturated carbocycles. The second-order valence-corrected chi connectivity index (χ2v) is 6.71. The van der Waals surface area contributed by atoms with Gasteiger partial charge in [0.05, 0.1) is 11.6 Å². The molecule has 2 aromatic carbocycles. The highest BCUT2D eigenvalue weighted by Crippen LogP contribution is 2.27. The van der Waals surface area contributed by atoms with Crippen LogP contribution in [0.15, 0.2) is 59.1 Å². The lowest BCUT2D eigenvalue weighted by Gasteiger charge is -2.10. The number of nitrogens with zero attached hydrogens (tertiary/aromatic N) is 2. The molecule has 0 unspecified atom stereocenters. The number of benzene rings is 2. The Balaban J connectivity index is 2.12. The molecular weight excluding hydrogens is 379 g/mol. The SMILES string of the molecule is Cc1cc(C=C(C#N)c2ccccc2F)c(C)n1-c1cccc(Br)c1. The van der Waals surface area contributed by atoms with E-state index >= 15 is 0 Å². The van der Waals surface area contributed by atoms with Crippen molar-refractivity contribution in [2.24, 2.45) is 0 Å². The Morgan fingerprint density at radius 2 is 1.88 bits per heavy atom. The third kappa shape index (κ3) is 3.42. The molecular formula is C21H16BrFN2. The van der Waals surface area contributed by atoms with Gasteiger partial charge in [0.2, 0.25) is 0 Å². The van der Waals surface area contributed by atoms with Crippen molar-refractivity contribution in [3.63, 3.8) is 0 Å². The summed E-state index contributed by atoms with van der Waals surface area (Å²) < 4.78 is 17.1. The van der Waals surface area contributed by atoms with E-state index in [4.69, 9.17) is 0 Å². The molecule has 0 spiro atoms. The van der Waals surface area contributed by atoms with Crippen LogP contribution < -0.4 is 0 Å². The predicted molar refractivity (Wildman–Crippen MR) is 103 cm³/mol. The number of aryl methyl sites for hydroxylation is 1. The lowest BCUT2D eigenvalue weighted by Crippen LogP contribution is -1.98. The zero-order valence-electron chi connectivity index (χ0n) is 13.9. The summed E-state index contributed by atoms with van der Waals surface area (Å²) in [5.74, 6) is -0.393. The average Bonchev–Trinajstić information content (AvgIpc) is 2.87. The fourth-order valence-corrected chi connectivity index (χ4v) is 3.34. The Kier molecular flexibility index (Phi) is 4.87. The van der Waals surface area contributed by atoms with Crippen molar-refractivity contribution in [3.05, 3.63) is 87.4 Å². The summed E-state index contributed by atoms with van der Waals surface area (Å²) in [4.78, 5) is 0. The molecule has 0 amide bonds. The largest absolute Gasteiger partial charge is 0.318 e. The van der Waals surface area contributed by atoms with Gasteiger partial charge in [-0.3, -0.25) is 0 Å². The Hall–Kier alpha value is -2.64. The maximum Gasteiger partial charge on any atom is 0.131 e. The Labute approximate surface area is 155 Å². The van der Waals surface area contributed by atoms with E-state index in [-0.39, 0.29) is 0 Å². The van der Waals surface area contributed by atoms with Crippen LogP contribution in [0, 0.1) is 31.0 Å². The van der Waals surface area contributed by atoms with E-state index in [9.17, 15) is 9.65 Å². The molecule has 124 valence electrons. The van der Waals surface area contributed by atoms with Crippen molar-refractivity contribution < 1.29 is 4.39 Å². The minimum atomic E-state index is -0.393. The Morgan fingerprint density at radius 3 is 2.56 bits per heavy atom. The zero-order valence-corrected chi connectivity index (χ0v) is 15.5.